The maximum Gasteiger partial charge on any atom is 0.0181 e. The van der Waals surface area contributed by atoms with Gasteiger partial charge in [0.05, 0.1) is 0 Å². The van der Waals surface area contributed by atoms with E-state index in [2.05, 4.69) is 67.1 Å². The summed E-state index contributed by atoms with van der Waals surface area (Å²) in [5, 5.41) is 0. The molecule has 0 radical (unpaired) electrons. The Kier molecular flexibility index (Phi) is 4.40. The normalized spacial score (nSPS) is 11.5. The van der Waals surface area contributed by atoms with Crippen LogP contribution in [0.3, 0.4) is 0 Å². The van der Waals surface area contributed by atoms with Gasteiger partial charge in [0.2, 0.25) is 0 Å². The van der Waals surface area contributed by atoms with Crippen molar-refractivity contribution in [2.24, 2.45) is 5.92 Å². The van der Waals surface area contributed by atoms with Crippen molar-refractivity contribution in [1.82, 2.24) is 0 Å². The molecule has 0 aromatic heterocycles. The highest BCUT2D eigenvalue weighted by molar-refractivity contribution is 9.10. The highest BCUT2D eigenvalue weighted by Gasteiger charge is 1.95. The Morgan fingerprint density at radius 3 is 2.71 bits per heavy atom. The number of benzene rings is 1. The molecular weight excluding hydrogens is 236 g/mol. The van der Waals surface area contributed by atoms with E-state index in [1.54, 1.807) is 0 Å². The molecule has 14 heavy (non-hydrogen) atoms. The number of rotatable bonds is 3. The summed E-state index contributed by atoms with van der Waals surface area (Å²) in [4.78, 5) is 0. The second-order valence-corrected chi connectivity index (χ2v) is 4.95. The van der Waals surface area contributed by atoms with Gasteiger partial charge in [-0.05, 0) is 42.5 Å². The molecule has 0 atom stereocenters. The van der Waals surface area contributed by atoms with E-state index in [4.69, 9.17) is 0 Å². The summed E-state index contributed by atoms with van der Waals surface area (Å²) in [5.74, 6) is 0.735. The van der Waals surface area contributed by atoms with E-state index in [9.17, 15) is 0 Å². The average molecular weight is 253 g/mol. The van der Waals surface area contributed by atoms with Crippen LogP contribution in [0.2, 0.25) is 0 Å². The van der Waals surface area contributed by atoms with Crippen LogP contribution in [0.25, 0.3) is 6.08 Å². The quantitative estimate of drug-likeness (QED) is 0.724. The van der Waals surface area contributed by atoms with Crippen LogP contribution in [-0.4, -0.2) is 0 Å². The third kappa shape index (κ3) is 3.67. The van der Waals surface area contributed by atoms with Gasteiger partial charge in [0.1, 0.15) is 0 Å². The maximum atomic E-state index is 3.48. The molecule has 1 heteroatoms. The smallest absolute Gasteiger partial charge is 0.0181 e. The zero-order chi connectivity index (χ0) is 10.6. The minimum absolute atomic E-state index is 0.735. The Morgan fingerprint density at radius 2 is 2.07 bits per heavy atom. The van der Waals surface area contributed by atoms with Crippen LogP contribution in [0.1, 0.15) is 31.4 Å². The van der Waals surface area contributed by atoms with Gasteiger partial charge in [-0.2, -0.15) is 0 Å². The van der Waals surface area contributed by atoms with Crippen LogP contribution >= 0.6 is 15.9 Å². The number of halogens is 1. The molecule has 0 heterocycles. The molecule has 0 nitrogen and oxygen atoms in total. The third-order valence-electron chi connectivity index (χ3n) is 2.15. The van der Waals surface area contributed by atoms with Gasteiger partial charge in [-0.3, -0.25) is 0 Å². The first kappa shape index (κ1) is 11.5. The van der Waals surface area contributed by atoms with Crippen molar-refractivity contribution in [1.29, 1.82) is 0 Å². The second-order valence-electron chi connectivity index (χ2n) is 4.03. The predicted octanol–water partition coefficient (Wildman–Crippen LogP) is 4.82. The highest BCUT2D eigenvalue weighted by Crippen LogP contribution is 2.17. The standard InChI is InChI=1S/C13H17Br/c1-10(2)5-4-6-12-9-13(14)8-7-11(12)3/h4,6-10H,5H2,1-3H3/b6-4-. The Morgan fingerprint density at radius 1 is 1.36 bits per heavy atom. The summed E-state index contributed by atoms with van der Waals surface area (Å²) < 4.78 is 1.15. The van der Waals surface area contributed by atoms with Gasteiger partial charge in [-0.15, -0.1) is 0 Å². The van der Waals surface area contributed by atoms with Gasteiger partial charge in [0.15, 0.2) is 0 Å². The van der Waals surface area contributed by atoms with Gasteiger partial charge >= 0.3 is 0 Å². The summed E-state index contributed by atoms with van der Waals surface area (Å²) in [7, 11) is 0. The van der Waals surface area contributed by atoms with E-state index >= 15 is 0 Å². The predicted molar refractivity (Wildman–Crippen MR) is 67.4 cm³/mol. The number of allylic oxidation sites excluding steroid dienone is 1. The fourth-order valence-corrected chi connectivity index (χ4v) is 1.64. The van der Waals surface area contributed by atoms with Crippen molar-refractivity contribution in [3.8, 4) is 0 Å². The molecule has 0 aliphatic rings. The van der Waals surface area contributed by atoms with Gasteiger partial charge in [0.25, 0.3) is 0 Å². The van der Waals surface area contributed by atoms with Crippen LogP contribution in [-0.2, 0) is 0 Å². The molecule has 0 saturated carbocycles. The molecule has 0 fully saturated rings. The molecule has 0 bridgehead atoms. The Bertz CT molecular complexity index is 324. The number of hydrogen-bond donors (Lipinski definition) is 0. The van der Waals surface area contributed by atoms with Gasteiger partial charge in [-0.1, -0.05) is 48.0 Å². The zero-order valence-electron chi connectivity index (χ0n) is 9.05. The van der Waals surface area contributed by atoms with Crippen molar-refractivity contribution >= 4 is 22.0 Å². The summed E-state index contributed by atoms with van der Waals surface area (Å²) in [6, 6.07) is 6.38. The maximum absolute atomic E-state index is 3.48. The van der Waals surface area contributed by atoms with Crippen LogP contribution in [0.15, 0.2) is 28.7 Å². The lowest BCUT2D eigenvalue weighted by Crippen LogP contribution is -1.83. The van der Waals surface area contributed by atoms with E-state index in [0.29, 0.717) is 0 Å². The number of hydrogen-bond acceptors (Lipinski definition) is 0. The van der Waals surface area contributed by atoms with Crippen LogP contribution in [0.5, 0.6) is 0 Å². The van der Waals surface area contributed by atoms with E-state index in [-0.39, 0.29) is 0 Å². The molecule has 1 rings (SSSR count). The first-order valence-electron chi connectivity index (χ1n) is 5.02. The molecule has 1 aromatic rings. The van der Waals surface area contributed by atoms with Crippen LogP contribution < -0.4 is 0 Å². The first-order chi connectivity index (χ1) is 6.59. The van der Waals surface area contributed by atoms with Crippen molar-refractivity contribution in [3.05, 3.63) is 39.9 Å². The van der Waals surface area contributed by atoms with E-state index in [0.717, 1.165) is 16.8 Å². The monoisotopic (exact) mass is 252 g/mol. The van der Waals surface area contributed by atoms with Crippen molar-refractivity contribution in [2.45, 2.75) is 27.2 Å². The van der Waals surface area contributed by atoms with Crippen LogP contribution in [0, 0.1) is 12.8 Å². The van der Waals surface area contributed by atoms with E-state index in [1.165, 1.54) is 11.1 Å². The second kappa shape index (κ2) is 5.35. The van der Waals surface area contributed by atoms with Gasteiger partial charge < -0.3 is 0 Å². The molecule has 0 spiro atoms. The Labute approximate surface area is 95.2 Å². The fourth-order valence-electron chi connectivity index (χ4n) is 1.26. The van der Waals surface area contributed by atoms with Crippen LogP contribution in [0.4, 0.5) is 0 Å². The van der Waals surface area contributed by atoms with E-state index < -0.39 is 0 Å². The topological polar surface area (TPSA) is 0 Å². The fraction of sp³-hybridized carbons (Fsp3) is 0.385. The summed E-state index contributed by atoms with van der Waals surface area (Å²) in [6.07, 6.45) is 5.60. The average Bonchev–Trinajstić information content (AvgIpc) is 2.10. The van der Waals surface area contributed by atoms with Gasteiger partial charge in [-0.25, -0.2) is 0 Å². The zero-order valence-corrected chi connectivity index (χ0v) is 10.6. The molecule has 76 valence electrons. The number of aryl methyl sites for hydroxylation is 1. The molecule has 0 amide bonds. The lowest BCUT2D eigenvalue weighted by Gasteiger charge is -2.01. The highest BCUT2D eigenvalue weighted by atomic mass is 79.9. The van der Waals surface area contributed by atoms with E-state index in [1.807, 2.05) is 0 Å². The summed E-state index contributed by atoms with van der Waals surface area (Å²) in [5.41, 5.74) is 2.63. The first-order valence-corrected chi connectivity index (χ1v) is 5.81. The minimum Gasteiger partial charge on any atom is -0.0837 e. The Balaban J connectivity index is 2.75. The molecule has 0 N–H and O–H groups in total. The molecule has 0 aliphatic heterocycles. The SMILES string of the molecule is Cc1ccc(Br)cc1/C=C\CC(C)C. The largest absolute Gasteiger partial charge is 0.0837 e. The van der Waals surface area contributed by atoms with Crippen molar-refractivity contribution < 1.29 is 0 Å². The molecule has 0 aliphatic carbocycles. The Hall–Kier alpha value is -0.560. The van der Waals surface area contributed by atoms with Crippen molar-refractivity contribution in [3.63, 3.8) is 0 Å². The summed E-state index contributed by atoms with van der Waals surface area (Å²) in [6.45, 7) is 6.61. The lowest BCUT2D eigenvalue weighted by atomic mass is 10.1. The molecular formula is C13H17Br. The lowest BCUT2D eigenvalue weighted by molar-refractivity contribution is 0.665. The van der Waals surface area contributed by atoms with Gasteiger partial charge in [0, 0.05) is 4.47 Å². The molecule has 0 unspecified atom stereocenters. The minimum atomic E-state index is 0.735. The molecule has 1 aromatic carbocycles. The van der Waals surface area contributed by atoms with Crippen molar-refractivity contribution in [2.75, 3.05) is 0 Å². The molecule has 0 saturated heterocycles. The third-order valence-corrected chi connectivity index (χ3v) is 2.64. The summed E-state index contributed by atoms with van der Waals surface area (Å²) >= 11 is 3.48.